The average molecular weight is 416 g/mol. The second kappa shape index (κ2) is 7.91. The van der Waals surface area contributed by atoms with E-state index in [2.05, 4.69) is 44.2 Å². The molecule has 3 aromatic rings. The van der Waals surface area contributed by atoms with Gasteiger partial charge in [-0.15, -0.1) is 0 Å². The van der Waals surface area contributed by atoms with Crippen molar-refractivity contribution >= 4 is 10.9 Å². The van der Waals surface area contributed by atoms with Gasteiger partial charge in [0, 0.05) is 17.2 Å². The van der Waals surface area contributed by atoms with Gasteiger partial charge in [0.1, 0.15) is 0 Å². The van der Waals surface area contributed by atoms with Gasteiger partial charge in [-0.25, -0.2) is 0 Å². The van der Waals surface area contributed by atoms with Crippen LogP contribution in [0.15, 0.2) is 63.2 Å². The first kappa shape index (κ1) is 21.5. The molecule has 1 unspecified atom stereocenters. The van der Waals surface area contributed by atoms with E-state index in [0.29, 0.717) is 10.5 Å². The van der Waals surface area contributed by atoms with Crippen molar-refractivity contribution in [2.45, 2.75) is 62.4 Å². The average Bonchev–Trinajstić information content (AvgIpc) is 2.55. The largest absolute Gasteiger partial charge is 0.416 e. The summed E-state index contributed by atoms with van der Waals surface area (Å²) in [4.78, 5) is 2.87. The molecule has 0 spiro atoms. The van der Waals surface area contributed by atoms with Gasteiger partial charge in [-0.2, -0.15) is 13.2 Å². The van der Waals surface area contributed by atoms with Crippen LogP contribution in [0, 0.1) is 41.5 Å². The molecule has 0 bridgehead atoms. The number of aryl methyl sites for hydroxylation is 6. The molecule has 3 aromatic carbocycles. The van der Waals surface area contributed by atoms with Crippen molar-refractivity contribution in [3.05, 3.63) is 87.5 Å². The lowest BCUT2D eigenvalue weighted by Gasteiger charge is -2.16. The summed E-state index contributed by atoms with van der Waals surface area (Å²) >= 11 is 0. The highest BCUT2D eigenvalue weighted by Crippen LogP contribution is 2.39. The van der Waals surface area contributed by atoms with Gasteiger partial charge in [0.25, 0.3) is 0 Å². The van der Waals surface area contributed by atoms with E-state index < -0.39 is 22.6 Å². The summed E-state index contributed by atoms with van der Waals surface area (Å²) in [5.41, 5.74) is 5.65. The molecule has 0 aliphatic rings. The van der Waals surface area contributed by atoms with Gasteiger partial charge in [-0.1, -0.05) is 23.8 Å². The van der Waals surface area contributed by atoms with Gasteiger partial charge in [0.05, 0.1) is 16.5 Å². The van der Waals surface area contributed by atoms with Crippen LogP contribution in [-0.2, 0) is 17.1 Å². The summed E-state index contributed by atoms with van der Waals surface area (Å²) in [6.07, 6.45) is -4.37. The van der Waals surface area contributed by atoms with Crippen molar-refractivity contribution in [1.29, 1.82) is 0 Å². The molecule has 4 heteroatoms. The van der Waals surface area contributed by atoms with E-state index in [9.17, 15) is 13.2 Å². The van der Waals surface area contributed by atoms with Gasteiger partial charge >= 0.3 is 6.18 Å². The van der Waals surface area contributed by atoms with Gasteiger partial charge in [0.15, 0.2) is 14.7 Å². The quantitative estimate of drug-likeness (QED) is 0.385. The van der Waals surface area contributed by atoms with Crippen molar-refractivity contribution in [1.82, 2.24) is 0 Å². The lowest BCUT2D eigenvalue weighted by molar-refractivity contribution is -0.137. The van der Waals surface area contributed by atoms with Crippen molar-refractivity contribution in [2.24, 2.45) is 0 Å². The van der Waals surface area contributed by atoms with Gasteiger partial charge < -0.3 is 0 Å². The zero-order chi connectivity index (χ0) is 21.5. The zero-order valence-electron chi connectivity index (χ0n) is 17.7. The number of rotatable bonds is 3. The number of halogens is 3. The molecule has 1 atom stereocenters. The molecular formula is C25H26F3S+. The fraction of sp³-hybridized carbons (Fsp3) is 0.280. The lowest BCUT2D eigenvalue weighted by atomic mass is 10.1. The zero-order valence-corrected chi connectivity index (χ0v) is 18.5. The molecule has 0 amide bonds. The summed E-state index contributed by atoms with van der Waals surface area (Å²) in [7, 11) is -0.622. The number of hydrogen-bond donors (Lipinski definition) is 0. The normalized spacial score (nSPS) is 12.9. The molecule has 3 rings (SSSR count). The summed E-state index contributed by atoms with van der Waals surface area (Å²) in [6, 6.07) is 15.0. The summed E-state index contributed by atoms with van der Waals surface area (Å²) < 4.78 is 40.7. The number of benzene rings is 3. The molecule has 29 heavy (non-hydrogen) atoms. The molecule has 0 nitrogen and oxygen atoms in total. The molecular weight excluding hydrogens is 389 g/mol. The Bertz CT molecular complexity index is 1020. The van der Waals surface area contributed by atoms with Crippen LogP contribution in [0.1, 0.15) is 38.9 Å². The third-order valence-corrected chi connectivity index (χ3v) is 7.32. The minimum Gasteiger partial charge on any atom is -0.166 e. The Kier molecular flexibility index (Phi) is 5.86. The predicted molar refractivity (Wildman–Crippen MR) is 115 cm³/mol. The predicted octanol–water partition coefficient (Wildman–Crippen LogP) is 7.65. The van der Waals surface area contributed by atoms with E-state index in [4.69, 9.17) is 0 Å². The van der Waals surface area contributed by atoms with Gasteiger partial charge in [0.2, 0.25) is 0 Å². The van der Waals surface area contributed by atoms with Crippen LogP contribution in [-0.4, -0.2) is 0 Å². The molecule has 0 aromatic heterocycles. The van der Waals surface area contributed by atoms with E-state index in [0.717, 1.165) is 37.6 Å². The Hall–Kier alpha value is -2.20. The van der Waals surface area contributed by atoms with Crippen LogP contribution in [0.2, 0.25) is 0 Å². The standard InChI is InChI=1S/C25H26F3S/c1-15-7-16(2)12-22(11-15)29(24-19(5)8-17(3)9-20(24)6)23-13-18(4)10-21(14-23)25(26,27)28/h7-14H,1-6H3/q+1. The number of hydrogen-bond acceptors (Lipinski definition) is 0. The fourth-order valence-corrected chi connectivity index (χ4v) is 6.60. The van der Waals surface area contributed by atoms with Crippen LogP contribution < -0.4 is 0 Å². The van der Waals surface area contributed by atoms with E-state index in [1.54, 1.807) is 6.92 Å². The molecule has 0 radical (unpaired) electrons. The molecule has 0 heterocycles. The van der Waals surface area contributed by atoms with Crippen LogP contribution >= 0.6 is 0 Å². The molecule has 0 saturated heterocycles. The molecule has 0 fully saturated rings. The van der Waals surface area contributed by atoms with Crippen molar-refractivity contribution in [2.75, 3.05) is 0 Å². The van der Waals surface area contributed by atoms with E-state index >= 15 is 0 Å². The SMILES string of the molecule is Cc1cc(C)cc([S+](c2cc(C)cc(C(F)(F)F)c2)c2c(C)cc(C)cc2C)c1. The first-order chi connectivity index (χ1) is 13.5. The van der Waals surface area contributed by atoms with E-state index in [-0.39, 0.29) is 0 Å². The Labute approximate surface area is 174 Å². The minimum absolute atomic E-state index is 0.586. The topological polar surface area (TPSA) is 0 Å². The second-order valence-electron chi connectivity index (χ2n) is 7.89. The Morgan fingerprint density at radius 3 is 1.45 bits per heavy atom. The maximum absolute atomic E-state index is 13.6. The molecule has 0 aliphatic carbocycles. The summed E-state index contributed by atoms with van der Waals surface area (Å²) in [6.45, 7) is 12.0. The van der Waals surface area contributed by atoms with E-state index in [1.165, 1.54) is 12.1 Å². The summed E-state index contributed by atoms with van der Waals surface area (Å²) in [5.74, 6) is 0. The monoisotopic (exact) mass is 415 g/mol. The van der Waals surface area contributed by atoms with Crippen LogP contribution in [0.4, 0.5) is 13.2 Å². The first-order valence-corrected chi connectivity index (χ1v) is 10.8. The first-order valence-electron chi connectivity index (χ1n) is 9.55. The maximum Gasteiger partial charge on any atom is 0.416 e. The molecule has 0 aliphatic heterocycles. The number of alkyl halides is 3. The Balaban J connectivity index is 2.35. The third kappa shape index (κ3) is 4.69. The third-order valence-electron chi connectivity index (χ3n) is 4.85. The van der Waals surface area contributed by atoms with Crippen LogP contribution in [0.3, 0.4) is 0 Å². The van der Waals surface area contributed by atoms with Crippen molar-refractivity contribution < 1.29 is 13.2 Å². The highest BCUT2D eigenvalue weighted by Gasteiger charge is 2.37. The smallest absolute Gasteiger partial charge is 0.166 e. The Morgan fingerprint density at radius 1 is 0.552 bits per heavy atom. The fourth-order valence-electron chi connectivity index (χ4n) is 3.94. The van der Waals surface area contributed by atoms with E-state index in [1.807, 2.05) is 26.8 Å². The minimum atomic E-state index is -4.37. The van der Waals surface area contributed by atoms with Crippen molar-refractivity contribution in [3.63, 3.8) is 0 Å². The lowest BCUT2D eigenvalue weighted by Crippen LogP contribution is -2.12. The van der Waals surface area contributed by atoms with Gasteiger partial charge in [-0.05, 0) is 82.5 Å². The van der Waals surface area contributed by atoms with Gasteiger partial charge in [-0.3, -0.25) is 0 Å². The highest BCUT2D eigenvalue weighted by molar-refractivity contribution is 7.97. The summed E-state index contributed by atoms with van der Waals surface area (Å²) in [5, 5.41) is 0. The van der Waals surface area contributed by atoms with Crippen molar-refractivity contribution in [3.8, 4) is 0 Å². The molecule has 0 saturated carbocycles. The van der Waals surface area contributed by atoms with Crippen LogP contribution in [0.25, 0.3) is 0 Å². The second-order valence-corrected chi connectivity index (χ2v) is 9.85. The maximum atomic E-state index is 13.6. The highest BCUT2D eigenvalue weighted by atomic mass is 32.2. The van der Waals surface area contributed by atoms with Crippen LogP contribution in [0.5, 0.6) is 0 Å². The Morgan fingerprint density at radius 2 is 0.966 bits per heavy atom. The molecule has 152 valence electrons. The molecule has 0 N–H and O–H groups in total.